The minimum absolute atomic E-state index is 0.0796. The van der Waals surface area contributed by atoms with Crippen molar-refractivity contribution in [3.05, 3.63) is 29.8 Å². The summed E-state index contributed by atoms with van der Waals surface area (Å²) in [6.45, 7) is 4.93. The van der Waals surface area contributed by atoms with Gasteiger partial charge in [0, 0.05) is 12.2 Å². The highest BCUT2D eigenvalue weighted by Crippen LogP contribution is 2.47. The highest BCUT2D eigenvalue weighted by atomic mass is 32.2. The van der Waals surface area contributed by atoms with Crippen molar-refractivity contribution in [2.24, 2.45) is 0 Å². The first-order valence-electron chi connectivity index (χ1n) is 7.93. The third kappa shape index (κ3) is 3.32. The Morgan fingerprint density at radius 1 is 1.43 bits per heavy atom. The van der Waals surface area contributed by atoms with E-state index in [4.69, 9.17) is 4.74 Å². The van der Waals surface area contributed by atoms with E-state index >= 15 is 0 Å². The lowest BCUT2D eigenvalue weighted by molar-refractivity contribution is -0.137. The average molecular weight is 334 g/mol. The van der Waals surface area contributed by atoms with Crippen LogP contribution in [0.3, 0.4) is 0 Å². The topological polar surface area (TPSA) is 58.6 Å². The van der Waals surface area contributed by atoms with Gasteiger partial charge in [0.25, 0.3) is 0 Å². The molecule has 0 saturated carbocycles. The molecule has 0 bridgehead atoms. The molecule has 0 aliphatic carbocycles. The van der Waals surface area contributed by atoms with Gasteiger partial charge in [-0.1, -0.05) is 17.7 Å². The summed E-state index contributed by atoms with van der Waals surface area (Å²) in [5.74, 6) is 1.48. The monoisotopic (exact) mass is 334 g/mol. The fraction of sp³-hybridized carbons (Fsp3) is 0.529. The van der Waals surface area contributed by atoms with E-state index in [1.54, 1.807) is 16.7 Å². The number of ether oxygens (including phenoxy) is 1. The van der Waals surface area contributed by atoms with E-state index in [1.165, 1.54) is 5.56 Å². The van der Waals surface area contributed by atoms with Gasteiger partial charge in [0.1, 0.15) is 18.4 Å². The molecule has 2 heterocycles. The first kappa shape index (κ1) is 16.2. The third-order valence-corrected chi connectivity index (χ3v) is 5.94. The number of aryl methyl sites for hydroxylation is 1. The molecule has 2 aliphatic rings. The van der Waals surface area contributed by atoms with Crippen molar-refractivity contribution in [2.45, 2.75) is 37.6 Å². The first-order valence-corrected chi connectivity index (χ1v) is 8.91. The number of amides is 2. The van der Waals surface area contributed by atoms with E-state index in [0.29, 0.717) is 25.3 Å². The molecule has 1 aromatic carbocycles. The molecule has 1 N–H and O–H groups in total. The normalized spacial score (nSPS) is 26.3. The molecule has 2 saturated heterocycles. The van der Waals surface area contributed by atoms with Gasteiger partial charge in [0.05, 0.1) is 11.4 Å². The maximum atomic E-state index is 12.4. The summed E-state index contributed by atoms with van der Waals surface area (Å²) in [6, 6.07) is 7.46. The Kier molecular flexibility index (Phi) is 4.53. The van der Waals surface area contributed by atoms with Crippen LogP contribution < -0.4 is 10.1 Å². The van der Waals surface area contributed by atoms with Gasteiger partial charge < -0.3 is 15.0 Å². The summed E-state index contributed by atoms with van der Waals surface area (Å²) in [5, 5.41) is 2.89. The Morgan fingerprint density at radius 2 is 2.17 bits per heavy atom. The first-order chi connectivity index (χ1) is 11.0. The van der Waals surface area contributed by atoms with E-state index in [-0.39, 0.29) is 22.7 Å². The van der Waals surface area contributed by atoms with E-state index in [9.17, 15) is 9.59 Å². The molecule has 2 amide bonds. The maximum Gasteiger partial charge on any atom is 0.243 e. The van der Waals surface area contributed by atoms with Crippen LogP contribution in [-0.2, 0) is 9.59 Å². The van der Waals surface area contributed by atoms with E-state index in [2.05, 4.69) is 12.2 Å². The highest BCUT2D eigenvalue weighted by Gasteiger charge is 2.52. The van der Waals surface area contributed by atoms with Crippen LogP contribution in [0.4, 0.5) is 0 Å². The van der Waals surface area contributed by atoms with Crippen LogP contribution in [0.5, 0.6) is 5.75 Å². The minimum atomic E-state index is -0.348. The zero-order valence-electron chi connectivity index (χ0n) is 13.5. The fourth-order valence-corrected chi connectivity index (χ4v) is 4.54. The molecule has 6 heteroatoms. The number of hydrogen-bond donors (Lipinski definition) is 1. The molecule has 5 nitrogen and oxygen atoms in total. The lowest BCUT2D eigenvalue weighted by Crippen LogP contribution is -2.50. The summed E-state index contributed by atoms with van der Waals surface area (Å²) in [6.07, 6.45) is 1.38. The van der Waals surface area contributed by atoms with Crippen molar-refractivity contribution >= 4 is 23.6 Å². The number of rotatable bonds is 5. The predicted octanol–water partition coefficient (Wildman–Crippen LogP) is 1.94. The van der Waals surface area contributed by atoms with Crippen LogP contribution >= 0.6 is 11.8 Å². The van der Waals surface area contributed by atoms with Crippen LogP contribution in [0, 0.1) is 6.92 Å². The molecule has 0 aromatic heterocycles. The largest absolute Gasteiger partial charge is 0.492 e. The number of benzene rings is 1. The van der Waals surface area contributed by atoms with E-state index < -0.39 is 0 Å². The Hall–Kier alpha value is -1.69. The molecule has 2 fully saturated rings. The Labute approximate surface area is 140 Å². The van der Waals surface area contributed by atoms with Crippen LogP contribution in [0.25, 0.3) is 0 Å². The lowest BCUT2D eigenvalue weighted by Gasteiger charge is -2.29. The van der Waals surface area contributed by atoms with Crippen molar-refractivity contribution in [3.8, 4) is 5.75 Å². The van der Waals surface area contributed by atoms with Crippen molar-refractivity contribution in [3.63, 3.8) is 0 Å². The molecule has 2 atom stereocenters. The van der Waals surface area contributed by atoms with E-state index in [1.807, 2.05) is 31.2 Å². The molecule has 0 spiro atoms. The van der Waals surface area contributed by atoms with Crippen LogP contribution in [-0.4, -0.2) is 46.5 Å². The maximum absolute atomic E-state index is 12.4. The number of nitrogens with zero attached hydrogens (tertiary/aromatic N) is 1. The predicted molar refractivity (Wildman–Crippen MR) is 90.4 cm³/mol. The quantitative estimate of drug-likeness (QED) is 0.836. The van der Waals surface area contributed by atoms with Gasteiger partial charge in [0.15, 0.2) is 0 Å². The van der Waals surface area contributed by atoms with Gasteiger partial charge in [-0.15, -0.1) is 11.8 Å². The van der Waals surface area contributed by atoms with Crippen molar-refractivity contribution < 1.29 is 14.3 Å². The third-order valence-electron chi connectivity index (χ3n) is 4.44. The molecule has 2 unspecified atom stereocenters. The Balaban J connectivity index is 1.46. The number of fused-ring (bicyclic) bond motifs is 1. The fourth-order valence-electron chi connectivity index (χ4n) is 3.11. The summed E-state index contributed by atoms with van der Waals surface area (Å²) in [4.78, 5) is 26.0. The number of carbonyl (C=O) groups is 2. The SMILES string of the molecule is Cc1ccc(OCCNC(=O)C2CSC3(C)CCC(=O)N23)cc1. The molecule has 124 valence electrons. The number of nitrogens with one attached hydrogen (secondary N) is 1. The van der Waals surface area contributed by atoms with Gasteiger partial charge in [-0.3, -0.25) is 9.59 Å². The van der Waals surface area contributed by atoms with Crippen molar-refractivity contribution in [1.82, 2.24) is 10.2 Å². The standard InChI is InChI=1S/C17H22N2O3S/c1-12-3-5-13(6-4-12)22-10-9-18-16(21)14-11-23-17(2)8-7-15(20)19(14)17/h3-6,14H,7-11H2,1-2H3,(H,18,21). The molecule has 0 radical (unpaired) electrons. The summed E-state index contributed by atoms with van der Waals surface area (Å²) < 4.78 is 5.60. The van der Waals surface area contributed by atoms with Crippen LogP contribution in [0.15, 0.2) is 24.3 Å². The van der Waals surface area contributed by atoms with Gasteiger partial charge in [-0.2, -0.15) is 0 Å². The molecular weight excluding hydrogens is 312 g/mol. The van der Waals surface area contributed by atoms with Crippen molar-refractivity contribution in [1.29, 1.82) is 0 Å². The molecular formula is C17H22N2O3S. The summed E-state index contributed by atoms with van der Waals surface area (Å²) in [5.41, 5.74) is 1.18. The zero-order chi connectivity index (χ0) is 16.4. The second-order valence-corrected chi connectivity index (χ2v) is 7.72. The number of hydrogen-bond acceptors (Lipinski definition) is 4. The highest BCUT2D eigenvalue weighted by molar-refractivity contribution is 8.01. The van der Waals surface area contributed by atoms with Gasteiger partial charge >= 0.3 is 0 Å². The average Bonchev–Trinajstić information content (AvgIpc) is 3.02. The smallest absolute Gasteiger partial charge is 0.243 e. The minimum Gasteiger partial charge on any atom is -0.492 e. The molecule has 2 aliphatic heterocycles. The molecule has 3 rings (SSSR count). The lowest BCUT2D eigenvalue weighted by atomic mass is 10.2. The molecule has 1 aromatic rings. The van der Waals surface area contributed by atoms with Gasteiger partial charge in [-0.25, -0.2) is 0 Å². The number of carbonyl (C=O) groups excluding carboxylic acids is 2. The van der Waals surface area contributed by atoms with E-state index in [0.717, 1.165) is 12.2 Å². The summed E-state index contributed by atoms with van der Waals surface area (Å²) >= 11 is 1.71. The van der Waals surface area contributed by atoms with Crippen molar-refractivity contribution in [2.75, 3.05) is 18.9 Å². The van der Waals surface area contributed by atoms with Crippen LogP contribution in [0.2, 0.25) is 0 Å². The Bertz CT molecular complexity index is 604. The Morgan fingerprint density at radius 3 is 2.91 bits per heavy atom. The number of thioether (sulfide) groups is 1. The molecule has 23 heavy (non-hydrogen) atoms. The second-order valence-electron chi connectivity index (χ2n) is 6.22. The zero-order valence-corrected chi connectivity index (χ0v) is 14.3. The second kappa shape index (κ2) is 6.43. The van der Waals surface area contributed by atoms with Gasteiger partial charge in [0.2, 0.25) is 11.8 Å². The van der Waals surface area contributed by atoms with Crippen LogP contribution in [0.1, 0.15) is 25.3 Å². The van der Waals surface area contributed by atoms with Gasteiger partial charge in [-0.05, 0) is 32.4 Å². The summed E-state index contributed by atoms with van der Waals surface area (Å²) in [7, 11) is 0.